The Balaban J connectivity index is 0.00000288. The van der Waals surface area contributed by atoms with E-state index in [4.69, 9.17) is 0 Å². The van der Waals surface area contributed by atoms with Crippen molar-refractivity contribution in [1.82, 2.24) is 0 Å². The predicted molar refractivity (Wildman–Crippen MR) is 101 cm³/mol. The molecule has 0 aliphatic rings. The summed E-state index contributed by atoms with van der Waals surface area (Å²) in [6, 6.07) is 12.8. The third kappa shape index (κ3) is 6.63. The van der Waals surface area contributed by atoms with Crippen molar-refractivity contribution >= 4 is 35.2 Å². The van der Waals surface area contributed by atoms with Crippen molar-refractivity contribution in [2.24, 2.45) is 4.99 Å². The zero-order chi connectivity index (χ0) is 16.5. The fourth-order valence-electron chi connectivity index (χ4n) is 2.18. The number of hydrogen-bond donors (Lipinski definition) is 0. The van der Waals surface area contributed by atoms with Crippen LogP contribution in [0.1, 0.15) is 17.5 Å². The van der Waals surface area contributed by atoms with Crippen molar-refractivity contribution in [3.63, 3.8) is 0 Å². The molecule has 0 radical (unpaired) electrons. The minimum atomic E-state index is 0. The van der Waals surface area contributed by atoms with Crippen LogP contribution in [-0.2, 0) is 6.54 Å². The average Bonchev–Trinajstić information content (AvgIpc) is 2.58. The summed E-state index contributed by atoms with van der Waals surface area (Å²) >= 11 is 4.55. The van der Waals surface area contributed by atoms with Crippen LogP contribution in [0, 0.1) is 0 Å². The van der Waals surface area contributed by atoms with E-state index in [1.807, 2.05) is 14.1 Å². The summed E-state index contributed by atoms with van der Waals surface area (Å²) < 4.78 is 2.15. The van der Waals surface area contributed by atoms with Crippen LogP contribution in [0.5, 0.6) is 0 Å². The normalized spacial score (nSPS) is 10.1. The number of pyridine rings is 1. The molecule has 1 aromatic heterocycles. The predicted octanol–water partition coefficient (Wildman–Crippen LogP) is 0.707. The van der Waals surface area contributed by atoms with Crippen molar-refractivity contribution in [3.05, 3.63) is 59.9 Å². The molecule has 0 bridgehead atoms. The summed E-state index contributed by atoms with van der Waals surface area (Å²) in [4.78, 5) is 6.02. The van der Waals surface area contributed by atoms with Crippen molar-refractivity contribution in [2.75, 3.05) is 25.5 Å². The van der Waals surface area contributed by atoms with Crippen molar-refractivity contribution in [1.29, 1.82) is 0 Å². The number of aryl methyl sites for hydroxylation is 1. The minimum absolute atomic E-state index is 0. The number of benzene rings is 1. The smallest absolute Gasteiger partial charge is 0.169 e. The van der Waals surface area contributed by atoms with Gasteiger partial charge in [0.1, 0.15) is 6.54 Å². The third-order valence-electron chi connectivity index (χ3n) is 3.55. The van der Waals surface area contributed by atoms with Gasteiger partial charge in [-0.3, -0.25) is 0 Å². The van der Waals surface area contributed by atoms with Crippen LogP contribution in [0.15, 0.2) is 53.8 Å². The Morgan fingerprint density at radius 1 is 1.04 bits per heavy atom. The second-order valence-electron chi connectivity index (χ2n) is 5.52. The standard InChI is InChI=1S/C19H22N3S.ClH/c1-21(2)19-8-6-17(7-9-19)4-5-18-10-14-22(15-11-18)13-3-12-20-16-23;/h4-11,14-15H,3,12-13H2,1-2H3;1H/q+1;/p-1. The highest BCUT2D eigenvalue weighted by Gasteiger charge is 1.99. The van der Waals surface area contributed by atoms with Crippen LogP contribution in [0.2, 0.25) is 0 Å². The number of isothiocyanates is 1. The van der Waals surface area contributed by atoms with Gasteiger partial charge in [-0.1, -0.05) is 24.3 Å². The molecule has 2 rings (SSSR count). The molecule has 0 aliphatic carbocycles. The molecule has 24 heavy (non-hydrogen) atoms. The fraction of sp³-hybridized carbons (Fsp3) is 0.263. The van der Waals surface area contributed by atoms with Crippen molar-refractivity contribution < 1.29 is 17.0 Å². The Labute approximate surface area is 155 Å². The molecule has 3 nitrogen and oxygen atoms in total. The lowest BCUT2D eigenvalue weighted by Crippen LogP contribution is -3.00. The van der Waals surface area contributed by atoms with Crippen LogP contribution in [0.25, 0.3) is 12.2 Å². The Morgan fingerprint density at radius 3 is 2.17 bits per heavy atom. The van der Waals surface area contributed by atoms with Crippen LogP contribution in [0.3, 0.4) is 0 Å². The highest BCUT2D eigenvalue weighted by Crippen LogP contribution is 2.14. The molecule has 0 saturated carbocycles. The SMILES string of the molecule is CN(C)c1ccc(C=Cc2cc[n+](CCCN=C=S)cc2)cc1.[Cl-]. The summed E-state index contributed by atoms with van der Waals surface area (Å²) in [6.07, 6.45) is 9.42. The number of anilines is 1. The van der Waals surface area contributed by atoms with Gasteiger partial charge < -0.3 is 17.3 Å². The summed E-state index contributed by atoms with van der Waals surface area (Å²) in [5, 5.41) is 2.39. The van der Waals surface area contributed by atoms with Crippen LogP contribution in [0.4, 0.5) is 5.69 Å². The first-order chi connectivity index (χ1) is 11.2. The fourth-order valence-corrected chi connectivity index (χ4v) is 2.27. The van der Waals surface area contributed by atoms with Crippen LogP contribution >= 0.6 is 12.2 Å². The van der Waals surface area contributed by atoms with Gasteiger partial charge >= 0.3 is 0 Å². The molecule has 126 valence electrons. The molecule has 0 spiro atoms. The molecule has 0 aliphatic heterocycles. The molecule has 0 fully saturated rings. The maximum atomic E-state index is 4.55. The summed E-state index contributed by atoms with van der Waals surface area (Å²) in [5.74, 6) is 0. The summed E-state index contributed by atoms with van der Waals surface area (Å²) in [5.41, 5.74) is 3.60. The second kappa shape index (κ2) is 10.7. The Kier molecular flexibility index (Phi) is 8.95. The van der Waals surface area contributed by atoms with E-state index in [2.05, 4.69) is 92.8 Å². The number of aliphatic imine (C=N–C) groups is 1. The summed E-state index contributed by atoms with van der Waals surface area (Å²) in [6.45, 7) is 1.68. The first-order valence-corrected chi connectivity index (χ1v) is 8.08. The van der Waals surface area contributed by atoms with E-state index >= 15 is 0 Å². The number of hydrogen-bond acceptors (Lipinski definition) is 3. The Bertz CT molecular complexity index is 688. The second-order valence-corrected chi connectivity index (χ2v) is 5.70. The van der Waals surface area contributed by atoms with E-state index in [-0.39, 0.29) is 12.4 Å². The number of halogens is 1. The Morgan fingerprint density at radius 2 is 1.62 bits per heavy atom. The maximum absolute atomic E-state index is 4.55. The number of thiocarbonyl (C=S) groups is 1. The lowest BCUT2D eigenvalue weighted by Gasteiger charge is -2.11. The largest absolute Gasteiger partial charge is 1.00 e. The first kappa shape index (κ1) is 20.0. The lowest BCUT2D eigenvalue weighted by molar-refractivity contribution is -0.697. The molecule has 0 unspecified atom stereocenters. The number of aromatic nitrogens is 1. The van der Waals surface area contributed by atoms with Gasteiger partial charge in [-0.05, 0) is 35.5 Å². The molecular formula is C19H22ClN3S. The topological polar surface area (TPSA) is 19.5 Å². The van der Waals surface area contributed by atoms with Crippen LogP contribution in [-0.4, -0.2) is 25.8 Å². The van der Waals surface area contributed by atoms with E-state index in [0.29, 0.717) is 0 Å². The molecular weight excluding hydrogens is 338 g/mol. The Hall–Kier alpha value is -2.00. The monoisotopic (exact) mass is 359 g/mol. The molecule has 1 heterocycles. The van der Waals surface area contributed by atoms with Gasteiger partial charge in [0.05, 0.1) is 11.7 Å². The molecule has 0 amide bonds. The quantitative estimate of drug-likeness (QED) is 0.314. The highest BCUT2D eigenvalue weighted by atomic mass is 35.5. The number of nitrogens with zero attached hydrogens (tertiary/aromatic N) is 3. The van der Waals surface area contributed by atoms with E-state index < -0.39 is 0 Å². The number of rotatable bonds is 7. The van der Waals surface area contributed by atoms with Crippen LogP contribution < -0.4 is 21.9 Å². The maximum Gasteiger partial charge on any atom is 0.169 e. The molecule has 5 heteroatoms. The molecule has 2 aromatic rings. The van der Waals surface area contributed by atoms with Crippen molar-refractivity contribution in [3.8, 4) is 0 Å². The van der Waals surface area contributed by atoms with Gasteiger partial charge in [-0.15, -0.1) is 0 Å². The zero-order valence-corrected chi connectivity index (χ0v) is 15.6. The van der Waals surface area contributed by atoms with Gasteiger partial charge in [0.15, 0.2) is 12.4 Å². The molecule has 0 N–H and O–H groups in total. The van der Waals surface area contributed by atoms with E-state index in [0.717, 1.165) is 19.5 Å². The van der Waals surface area contributed by atoms with E-state index in [1.54, 1.807) is 0 Å². The summed E-state index contributed by atoms with van der Waals surface area (Å²) in [7, 11) is 4.09. The molecule has 1 aromatic carbocycles. The third-order valence-corrected chi connectivity index (χ3v) is 3.67. The lowest BCUT2D eigenvalue weighted by atomic mass is 10.1. The minimum Gasteiger partial charge on any atom is -1.00 e. The average molecular weight is 360 g/mol. The van der Waals surface area contributed by atoms with Gasteiger partial charge in [-0.25, -0.2) is 9.56 Å². The van der Waals surface area contributed by atoms with E-state index in [9.17, 15) is 0 Å². The van der Waals surface area contributed by atoms with Gasteiger partial charge in [0, 0.05) is 38.3 Å². The van der Waals surface area contributed by atoms with Gasteiger partial charge in [-0.2, -0.15) is 0 Å². The molecule has 0 saturated heterocycles. The van der Waals surface area contributed by atoms with Gasteiger partial charge in [0.25, 0.3) is 0 Å². The molecule has 0 atom stereocenters. The van der Waals surface area contributed by atoms with Crippen molar-refractivity contribution in [2.45, 2.75) is 13.0 Å². The first-order valence-electron chi connectivity index (χ1n) is 7.67. The van der Waals surface area contributed by atoms with Gasteiger partial charge in [0.2, 0.25) is 0 Å². The highest BCUT2D eigenvalue weighted by molar-refractivity contribution is 7.78. The van der Waals surface area contributed by atoms with E-state index in [1.165, 1.54) is 16.8 Å². The zero-order valence-electron chi connectivity index (χ0n) is 14.0.